The molecule has 1 aliphatic rings. The van der Waals surface area contributed by atoms with Crippen LogP contribution in [-0.4, -0.2) is 56.5 Å². The fraction of sp³-hybridized carbons (Fsp3) is 0.583. The summed E-state index contributed by atoms with van der Waals surface area (Å²) < 4.78 is 22.9. The number of rotatable bonds is 4. The molecule has 100 valence electrons. The summed E-state index contributed by atoms with van der Waals surface area (Å²) >= 11 is 0. The van der Waals surface area contributed by atoms with Crippen molar-refractivity contribution in [1.29, 1.82) is 0 Å². The summed E-state index contributed by atoms with van der Waals surface area (Å²) in [5.41, 5.74) is 0.992. The van der Waals surface area contributed by atoms with Crippen LogP contribution in [0.15, 0.2) is 24.4 Å². The van der Waals surface area contributed by atoms with E-state index in [0.29, 0.717) is 13.1 Å². The van der Waals surface area contributed by atoms with E-state index in [-0.39, 0.29) is 17.5 Å². The van der Waals surface area contributed by atoms with Crippen molar-refractivity contribution in [1.82, 2.24) is 15.2 Å². The van der Waals surface area contributed by atoms with Crippen LogP contribution in [0.3, 0.4) is 0 Å². The summed E-state index contributed by atoms with van der Waals surface area (Å²) in [6, 6.07) is 5.99. The maximum absolute atomic E-state index is 11.5. The lowest BCUT2D eigenvalue weighted by Crippen LogP contribution is -2.45. The lowest BCUT2D eigenvalue weighted by Gasteiger charge is -2.33. The van der Waals surface area contributed by atoms with E-state index in [0.717, 1.165) is 12.2 Å². The first kappa shape index (κ1) is 13.5. The van der Waals surface area contributed by atoms with Gasteiger partial charge in [0, 0.05) is 25.8 Å². The van der Waals surface area contributed by atoms with Gasteiger partial charge in [-0.15, -0.1) is 0 Å². The normalized spacial score (nSPS) is 21.6. The molecule has 0 saturated carbocycles. The minimum absolute atomic E-state index is 0.145. The Labute approximate surface area is 108 Å². The maximum Gasteiger partial charge on any atom is 0.152 e. The Kier molecular flexibility index (Phi) is 4.31. The first-order chi connectivity index (χ1) is 8.62. The highest BCUT2D eigenvalue weighted by Crippen LogP contribution is 2.20. The molecular formula is C12H19N3O2S. The van der Waals surface area contributed by atoms with Gasteiger partial charge in [-0.05, 0) is 19.2 Å². The van der Waals surface area contributed by atoms with Crippen molar-refractivity contribution in [2.24, 2.45) is 0 Å². The van der Waals surface area contributed by atoms with Gasteiger partial charge in [-0.1, -0.05) is 6.07 Å². The van der Waals surface area contributed by atoms with Gasteiger partial charge in [0.1, 0.15) is 0 Å². The molecule has 1 fully saturated rings. The molecule has 0 amide bonds. The Morgan fingerprint density at radius 2 is 2.11 bits per heavy atom. The molecule has 0 bridgehead atoms. The molecule has 1 aromatic rings. The van der Waals surface area contributed by atoms with Crippen LogP contribution >= 0.6 is 0 Å². The zero-order valence-electron chi connectivity index (χ0n) is 10.5. The van der Waals surface area contributed by atoms with Crippen molar-refractivity contribution < 1.29 is 8.42 Å². The number of likely N-dealkylation sites (N-methyl/N-ethyl adjacent to an activating group) is 1. The third-order valence-corrected chi connectivity index (χ3v) is 4.86. The van der Waals surface area contributed by atoms with Gasteiger partial charge in [0.05, 0.1) is 23.2 Å². The third kappa shape index (κ3) is 3.28. The number of sulfone groups is 1. The molecule has 1 N–H and O–H groups in total. The van der Waals surface area contributed by atoms with Gasteiger partial charge in [0.2, 0.25) is 0 Å². The van der Waals surface area contributed by atoms with Crippen LogP contribution in [0, 0.1) is 0 Å². The van der Waals surface area contributed by atoms with E-state index in [2.05, 4.69) is 15.2 Å². The predicted octanol–water partition coefficient (Wildman–Crippen LogP) is 0.0725. The minimum Gasteiger partial charge on any atom is -0.318 e. The van der Waals surface area contributed by atoms with Gasteiger partial charge in [0.25, 0.3) is 0 Å². The third-order valence-electron chi connectivity index (χ3n) is 3.25. The molecule has 0 radical (unpaired) electrons. The van der Waals surface area contributed by atoms with E-state index < -0.39 is 9.84 Å². The molecule has 1 saturated heterocycles. The quantitative estimate of drug-likeness (QED) is 0.838. The molecule has 0 aliphatic carbocycles. The zero-order valence-corrected chi connectivity index (χ0v) is 11.4. The molecule has 5 nitrogen and oxygen atoms in total. The zero-order chi connectivity index (χ0) is 13.0. The topological polar surface area (TPSA) is 62.3 Å². The molecule has 1 atom stereocenters. The molecule has 0 aromatic carbocycles. The summed E-state index contributed by atoms with van der Waals surface area (Å²) in [7, 11) is -0.929. The predicted molar refractivity (Wildman–Crippen MR) is 71.1 cm³/mol. The van der Waals surface area contributed by atoms with Crippen molar-refractivity contribution in [2.75, 3.05) is 38.2 Å². The van der Waals surface area contributed by atoms with Crippen LogP contribution < -0.4 is 5.32 Å². The van der Waals surface area contributed by atoms with E-state index >= 15 is 0 Å². The second-order valence-corrected chi connectivity index (χ2v) is 6.82. The van der Waals surface area contributed by atoms with Gasteiger partial charge in [-0.25, -0.2) is 8.42 Å². The number of nitrogens with one attached hydrogen (secondary N) is 1. The van der Waals surface area contributed by atoms with E-state index in [1.54, 1.807) is 6.20 Å². The van der Waals surface area contributed by atoms with Gasteiger partial charge in [-0.2, -0.15) is 0 Å². The van der Waals surface area contributed by atoms with Gasteiger partial charge in [0.15, 0.2) is 9.84 Å². The highest BCUT2D eigenvalue weighted by molar-refractivity contribution is 7.91. The molecule has 6 heteroatoms. The van der Waals surface area contributed by atoms with Crippen molar-refractivity contribution in [3.63, 3.8) is 0 Å². The first-order valence-electron chi connectivity index (χ1n) is 6.12. The largest absolute Gasteiger partial charge is 0.318 e. The highest BCUT2D eigenvalue weighted by atomic mass is 32.2. The van der Waals surface area contributed by atoms with Crippen LogP contribution in [0.1, 0.15) is 11.7 Å². The van der Waals surface area contributed by atoms with Crippen LogP contribution in [-0.2, 0) is 9.84 Å². The second kappa shape index (κ2) is 5.77. The van der Waals surface area contributed by atoms with Gasteiger partial charge >= 0.3 is 0 Å². The molecular weight excluding hydrogens is 250 g/mol. The average Bonchev–Trinajstić information content (AvgIpc) is 2.38. The molecule has 2 rings (SSSR count). The highest BCUT2D eigenvalue weighted by Gasteiger charge is 2.28. The lowest BCUT2D eigenvalue weighted by atomic mass is 10.1. The van der Waals surface area contributed by atoms with Crippen LogP contribution in [0.4, 0.5) is 0 Å². The van der Waals surface area contributed by atoms with Crippen LogP contribution in [0.5, 0.6) is 0 Å². The van der Waals surface area contributed by atoms with Crippen molar-refractivity contribution >= 4 is 9.84 Å². The number of aromatic nitrogens is 1. The summed E-state index contributed by atoms with van der Waals surface area (Å²) in [5, 5.41) is 3.15. The number of hydrogen-bond donors (Lipinski definition) is 1. The van der Waals surface area contributed by atoms with E-state index in [1.807, 2.05) is 25.2 Å². The lowest BCUT2D eigenvalue weighted by molar-refractivity contribution is 0.207. The smallest absolute Gasteiger partial charge is 0.152 e. The number of pyridine rings is 1. The average molecular weight is 269 g/mol. The molecule has 18 heavy (non-hydrogen) atoms. The van der Waals surface area contributed by atoms with Crippen molar-refractivity contribution in [2.45, 2.75) is 6.04 Å². The van der Waals surface area contributed by atoms with E-state index in [1.165, 1.54) is 0 Å². The van der Waals surface area contributed by atoms with E-state index in [9.17, 15) is 8.42 Å². The maximum atomic E-state index is 11.5. The van der Waals surface area contributed by atoms with Crippen LogP contribution in [0.2, 0.25) is 0 Å². The monoisotopic (exact) mass is 269 g/mol. The minimum atomic E-state index is -2.83. The summed E-state index contributed by atoms with van der Waals surface area (Å²) in [5.74, 6) is 0.500. The Bertz CT molecular complexity index is 461. The van der Waals surface area contributed by atoms with Gasteiger partial charge in [-0.3, -0.25) is 9.88 Å². The Morgan fingerprint density at radius 3 is 2.67 bits per heavy atom. The Morgan fingerprint density at radius 1 is 1.39 bits per heavy atom. The molecule has 1 aliphatic heterocycles. The summed E-state index contributed by atoms with van der Waals surface area (Å²) in [6.45, 7) is 1.95. The molecule has 1 aromatic heterocycles. The van der Waals surface area contributed by atoms with E-state index in [4.69, 9.17) is 0 Å². The molecule has 2 heterocycles. The SMILES string of the molecule is CNCC(c1ccccn1)N1CCS(=O)(=O)CC1. The molecule has 1 unspecified atom stereocenters. The fourth-order valence-corrected chi connectivity index (χ4v) is 3.45. The summed E-state index contributed by atoms with van der Waals surface area (Å²) in [4.78, 5) is 6.57. The fourth-order valence-electron chi connectivity index (χ4n) is 2.23. The van der Waals surface area contributed by atoms with Crippen molar-refractivity contribution in [3.05, 3.63) is 30.1 Å². The first-order valence-corrected chi connectivity index (χ1v) is 7.94. The number of nitrogens with zero attached hydrogens (tertiary/aromatic N) is 2. The van der Waals surface area contributed by atoms with Gasteiger partial charge < -0.3 is 5.32 Å². The Hall–Kier alpha value is -0.980. The van der Waals surface area contributed by atoms with Crippen LogP contribution in [0.25, 0.3) is 0 Å². The Balaban J connectivity index is 2.12. The van der Waals surface area contributed by atoms with Crippen molar-refractivity contribution in [3.8, 4) is 0 Å². The second-order valence-electron chi connectivity index (χ2n) is 4.52. The number of hydrogen-bond acceptors (Lipinski definition) is 5. The summed E-state index contributed by atoms with van der Waals surface area (Å²) in [6.07, 6.45) is 1.78. The molecule has 0 spiro atoms. The standard InChI is InChI=1S/C12H19N3O2S/c1-13-10-12(11-4-2-3-5-14-11)15-6-8-18(16,17)9-7-15/h2-5,12-13H,6-10H2,1H3.